The Morgan fingerprint density at radius 1 is 1.32 bits per heavy atom. The number of halogens is 1. The first kappa shape index (κ1) is 13.1. The van der Waals surface area contributed by atoms with E-state index in [4.69, 9.17) is 27.3 Å². The molecular formula is C13H11ClN4O. The predicted octanol–water partition coefficient (Wildman–Crippen LogP) is 2.88. The van der Waals surface area contributed by atoms with Crippen LogP contribution in [-0.2, 0) is 6.42 Å². The van der Waals surface area contributed by atoms with E-state index in [0.717, 1.165) is 5.56 Å². The molecule has 0 spiro atoms. The molecule has 0 atom stereocenters. The summed E-state index contributed by atoms with van der Waals surface area (Å²) in [5.41, 5.74) is 7.66. The number of anilines is 1. The number of aromatic nitrogens is 2. The second kappa shape index (κ2) is 5.55. The summed E-state index contributed by atoms with van der Waals surface area (Å²) in [7, 11) is 0. The van der Waals surface area contributed by atoms with Crippen LogP contribution in [0.4, 0.5) is 5.69 Å². The van der Waals surface area contributed by atoms with Gasteiger partial charge in [0.1, 0.15) is 11.4 Å². The first-order chi connectivity index (χ1) is 9.10. The average molecular weight is 275 g/mol. The van der Waals surface area contributed by atoms with Crippen molar-refractivity contribution < 1.29 is 4.74 Å². The lowest BCUT2D eigenvalue weighted by atomic mass is 10.2. The zero-order valence-electron chi connectivity index (χ0n) is 10.2. The molecule has 1 heterocycles. The standard InChI is InChI=1S/C13H11ClN4O/c1-8-11(16)12(18-13(14)17-8)19-10-4-2-9(3-5-10)6-7-15/h2-5H,6,16H2,1H3. The summed E-state index contributed by atoms with van der Waals surface area (Å²) < 4.78 is 5.56. The van der Waals surface area contributed by atoms with Gasteiger partial charge in [-0.15, -0.1) is 0 Å². The van der Waals surface area contributed by atoms with Crippen LogP contribution in [0.15, 0.2) is 24.3 Å². The number of nitrogens with zero attached hydrogens (tertiary/aromatic N) is 3. The van der Waals surface area contributed by atoms with Crippen molar-refractivity contribution in [3.63, 3.8) is 0 Å². The maximum absolute atomic E-state index is 8.59. The number of hydrogen-bond donors (Lipinski definition) is 1. The van der Waals surface area contributed by atoms with Crippen molar-refractivity contribution >= 4 is 17.3 Å². The van der Waals surface area contributed by atoms with Crippen LogP contribution in [0.2, 0.25) is 5.28 Å². The Morgan fingerprint density at radius 2 is 2.00 bits per heavy atom. The molecule has 0 aliphatic heterocycles. The molecule has 96 valence electrons. The minimum atomic E-state index is 0.0859. The molecule has 2 aromatic rings. The third-order valence-electron chi connectivity index (χ3n) is 2.50. The molecule has 0 radical (unpaired) electrons. The highest BCUT2D eigenvalue weighted by Gasteiger charge is 2.10. The summed E-state index contributed by atoms with van der Waals surface area (Å²) in [5, 5.41) is 8.68. The molecule has 2 rings (SSSR count). The van der Waals surface area contributed by atoms with E-state index < -0.39 is 0 Å². The van der Waals surface area contributed by atoms with Crippen LogP contribution in [0.5, 0.6) is 11.6 Å². The van der Waals surface area contributed by atoms with Gasteiger partial charge in [0, 0.05) is 0 Å². The molecule has 0 aliphatic rings. The molecule has 0 saturated heterocycles. The van der Waals surface area contributed by atoms with Gasteiger partial charge in [0.2, 0.25) is 11.2 Å². The Bertz CT molecular complexity index is 634. The molecule has 6 heteroatoms. The summed E-state index contributed by atoms with van der Waals surface area (Å²) in [4.78, 5) is 7.87. The van der Waals surface area contributed by atoms with Crippen LogP contribution in [0.3, 0.4) is 0 Å². The maximum atomic E-state index is 8.59. The van der Waals surface area contributed by atoms with Gasteiger partial charge in [0.15, 0.2) is 0 Å². The number of ether oxygens (including phenoxy) is 1. The lowest BCUT2D eigenvalue weighted by Gasteiger charge is -2.09. The highest BCUT2D eigenvalue weighted by Crippen LogP contribution is 2.28. The van der Waals surface area contributed by atoms with Crippen molar-refractivity contribution in [2.45, 2.75) is 13.3 Å². The van der Waals surface area contributed by atoms with Crippen LogP contribution in [0.25, 0.3) is 0 Å². The van der Waals surface area contributed by atoms with Crippen LogP contribution < -0.4 is 10.5 Å². The highest BCUT2D eigenvalue weighted by molar-refractivity contribution is 6.28. The molecule has 0 aliphatic carbocycles. The Kier molecular flexibility index (Phi) is 3.83. The van der Waals surface area contributed by atoms with Gasteiger partial charge in [-0.2, -0.15) is 10.2 Å². The van der Waals surface area contributed by atoms with Gasteiger partial charge in [-0.25, -0.2) is 4.98 Å². The van der Waals surface area contributed by atoms with Gasteiger partial charge in [0.05, 0.1) is 18.2 Å². The Hall–Kier alpha value is -2.32. The van der Waals surface area contributed by atoms with Gasteiger partial charge in [-0.05, 0) is 36.2 Å². The van der Waals surface area contributed by atoms with E-state index in [1.165, 1.54) is 0 Å². The van der Waals surface area contributed by atoms with Crippen molar-refractivity contribution in [1.29, 1.82) is 5.26 Å². The number of nitriles is 1. The van der Waals surface area contributed by atoms with Gasteiger partial charge < -0.3 is 10.5 Å². The zero-order valence-corrected chi connectivity index (χ0v) is 11.0. The number of nitrogen functional groups attached to an aromatic ring is 1. The van der Waals surface area contributed by atoms with Gasteiger partial charge in [-0.1, -0.05) is 12.1 Å². The lowest BCUT2D eigenvalue weighted by Crippen LogP contribution is -2.00. The topological polar surface area (TPSA) is 84.8 Å². The van der Waals surface area contributed by atoms with E-state index in [2.05, 4.69) is 16.0 Å². The zero-order chi connectivity index (χ0) is 13.8. The number of hydrogen-bond acceptors (Lipinski definition) is 5. The molecule has 5 nitrogen and oxygen atoms in total. The van der Waals surface area contributed by atoms with Crippen molar-refractivity contribution in [3.05, 3.63) is 40.8 Å². The molecular weight excluding hydrogens is 264 g/mol. The molecule has 0 unspecified atom stereocenters. The number of aryl methyl sites for hydroxylation is 1. The molecule has 2 N–H and O–H groups in total. The Morgan fingerprint density at radius 3 is 2.63 bits per heavy atom. The van der Waals surface area contributed by atoms with Crippen molar-refractivity contribution in [2.24, 2.45) is 0 Å². The summed E-state index contributed by atoms with van der Waals surface area (Å²) in [6.45, 7) is 1.73. The molecule has 1 aromatic heterocycles. The van der Waals surface area contributed by atoms with Crippen LogP contribution >= 0.6 is 11.6 Å². The second-order valence-electron chi connectivity index (χ2n) is 3.88. The maximum Gasteiger partial charge on any atom is 0.247 e. The van der Waals surface area contributed by atoms with Crippen molar-refractivity contribution in [1.82, 2.24) is 9.97 Å². The summed E-state index contributed by atoms with van der Waals surface area (Å²) in [6, 6.07) is 9.19. The fraction of sp³-hybridized carbons (Fsp3) is 0.154. The normalized spacial score (nSPS) is 9.95. The second-order valence-corrected chi connectivity index (χ2v) is 4.22. The first-order valence-corrected chi connectivity index (χ1v) is 5.91. The minimum Gasteiger partial charge on any atom is -0.437 e. The van der Waals surface area contributed by atoms with Crippen LogP contribution in [0, 0.1) is 18.3 Å². The number of nitrogens with two attached hydrogens (primary N) is 1. The monoisotopic (exact) mass is 274 g/mol. The van der Waals surface area contributed by atoms with Crippen molar-refractivity contribution in [3.8, 4) is 17.7 Å². The summed E-state index contributed by atoms with van der Waals surface area (Å²) in [6.07, 6.45) is 0.362. The van der Waals surface area contributed by atoms with E-state index in [9.17, 15) is 0 Å². The Labute approximate surface area is 115 Å². The van der Waals surface area contributed by atoms with E-state index in [1.807, 2.05) is 12.1 Å². The van der Waals surface area contributed by atoms with Gasteiger partial charge in [0.25, 0.3) is 0 Å². The highest BCUT2D eigenvalue weighted by atomic mass is 35.5. The third-order valence-corrected chi connectivity index (χ3v) is 2.66. The van der Waals surface area contributed by atoms with Gasteiger partial charge >= 0.3 is 0 Å². The minimum absolute atomic E-state index is 0.0859. The van der Waals surface area contributed by atoms with Gasteiger partial charge in [-0.3, -0.25) is 0 Å². The fourth-order valence-corrected chi connectivity index (χ4v) is 1.68. The summed E-state index contributed by atoms with van der Waals surface area (Å²) >= 11 is 5.76. The number of rotatable bonds is 3. The van der Waals surface area contributed by atoms with E-state index in [1.54, 1.807) is 19.1 Å². The smallest absolute Gasteiger partial charge is 0.247 e. The molecule has 19 heavy (non-hydrogen) atoms. The molecule has 0 bridgehead atoms. The molecule has 0 saturated carbocycles. The Balaban J connectivity index is 2.24. The quantitative estimate of drug-likeness (QED) is 0.870. The molecule has 0 amide bonds. The molecule has 1 aromatic carbocycles. The SMILES string of the molecule is Cc1nc(Cl)nc(Oc2ccc(CC#N)cc2)c1N. The van der Waals surface area contributed by atoms with Crippen LogP contribution in [0.1, 0.15) is 11.3 Å². The lowest BCUT2D eigenvalue weighted by molar-refractivity contribution is 0.463. The van der Waals surface area contributed by atoms with Crippen molar-refractivity contribution in [2.75, 3.05) is 5.73 Å². The first-order valence-electron chi connectivity index (χ1n) is 5.53. The van der Waals surface area contributed by atoms with Crippen LogP contribution in [-0.4, -0.2) is 9.97 Å². The molecule has 0 fully saturated rings. The average Bonchev–Trinajstić information content (AvgIpc) is 2.38. The fourth-order valence-electron chi connectivity index (χ4n) is 1.48. The largest absolute Gasteiger partial charge is 0.437 e. The third kappa shape index (κ3) is 3.12. The number of benzene rings is 1. The van der Waals surface area contributed by atoms with E-state index in [-0.39, 0.29) is 11.2 Å². The van der Waals surface area contributed by atoms with E-state index >= 15 is 0 Å². The summed E-state index contributed by atoms with van der Waals surface area (Å²) in [5.74, 6) is 0.799. The van der Waals surface area contributed by atoms with E-state index in [0.29, 0.717) is 23.6 Å². The predicted molar refractivity (Wildman–Crippen MR) is 72.0 cm³/mol.